The molecule has 2 rings (SSSR count). The highest BCUT2D eigenvalue weighted by Gasteiger charge is 2.07. The van der Waals surface area contributed by atoms with Crippen LogP contribution in [0.4, 0.5) is 0 Å². The third-order valence-corrected chi connectivity index (χ3v) is 4.29. The summed E-state index contributed by atoms with van der Waals surface area (Å²) in [6, 6.07) is 8.97. The number of ether oxygens (including phenoxy) is 3. The maximum atomic E-state index is 12.1. The van der Waals surface area contributed by atoms with Gasteiger partial charge in [-0.15, -0.1) is 0 Å². The summed E-state index contributed by atoms with van der Waals surface area (Å²) in [5.74, 6) is 1.32. The molecule has 0 radical (unpaired) electrons. The second kappa shape index (κ2) is 9.30. The molecule has 4 nitrogen and oxygen atoms in total. The predicted octanol–water partition coefficient (Wildman–Crippen LogP) is 5.37. The molecule has 0 atom stereocenters. The number of esters is 1. The Morgan fingerprint density at radius 2 is 1.81 bits per heavy atom. The van der Waals surface area contributed by atoms with Crippen LogP contribution >= 0.6 is 11.6 Å². The lowest BCUT2D eigenvalue weighted by Crippen LogP contribution is -2.04. The lowest BCUT2D eigenvalue weighted by Gasteiger charge is -2.10. The molecule has 0 spiro atoms. The molecule has 0 bridgehead atoms. The van der Waals surface area contributed by atoms with Crippen LogP contribution in [-0.2, 0) is 4.79 Å². The zero-order valence-electron chi connectivity index (χ0n) is 15.5. The van der Waals surface area contributed by atoms with E-state index in [0.717, 1.165) is 23.1 Å². The van der Waals surface area contributed by atoms with Crippen molar-refractivity contribution in [3.8, 4) is 17.2 Å². The van der Waals surface area contributed by atoms with E-state index in [4.69, 9.17) is 25.8 Å². The van der Waals surface area contributed by atoms with E-state index in [9.17, 15) is 4.79 Å². The third kappa shape index (κ3) is 5.27. The molecular formula is C21H23ClO4. The Morgan fingerprint density at radius 1 is 1.12 bits per heavy atom. The maximum absolute atomic E-state index is 12.1. The van der Waals surface area contributed by atoms with Crippen molar-refractivity contribution in [2.75, 3.05) is 13.7 Å². The van der Waals surface area contributed by atoms with Crippen molar-refractivity contribution in [3.63, 3.8) is 0 Å². The van der Waals surface area contributed by atoms with Crippen molar-refractivity contribution < 1.29 is 19.0 Å². The van der Waals surface area contributed by atoms with Gasteiger partial charge in [-0.1, -0.05) is 24.6 Å². The average molecular weight is 375 g/mol. The van der Waals surface area contributed by atoms with E-state index in [-0.39, 0.29) is 0 Å². The molecule has 26 heavy (non-hydrogen) atoms. The molecule has 0 N–H and O–H groups in total. The van der Waals surface area contributed by atoms with Gasteiger partial charge < -0.3 is 14.2 Å². The van der Waals surface area contributed by atoms with Crippen LogP contribution in [0.3, 0.4) is 0 Å². The third-order valence-electron chi connectivity index (χ3n) is 3.69. The highest BCUT2D eigenvalue weighted by atomic mass is 35.5. The first-order chi connectivity index (χ1) is 12.4. The van der Waals surface area contributed by atoms with Crippen molar-refractivity contribution in [1.29, 1.82) is 0 Å². The first-order valence-electron chi connectivity index (χ1n) is 8.42. The minimum atomic E-state index is -0.462. The van der Waals surface area contributed by atoms with Gasteiger partial charge >= 0.3 is 5.97 Å². The maximum Gasteiger partial charge on any atom is 0.336 e. The summed E-state index contributed by atoms with van der Waals surface area (Å²) >= 11 is 6.12. The minimum absolute atomic E-state index is 0.462. The lowest BCUT2D eigenvalue weighted by atomic mass is 10.1. The molecule has 2 aromatic rings. The van der Waals surface area contributed by atoms with E-state index in [1.54, 1.807) is 25.3 Å². The highest BCUT2D eigenvalue weighted by molar-refractivity contribution is 6.32. The van der Waals surface area contributed by atoms with Gasteiger partial charge in [0.25, 0.3) is 0 Å². The quantitative estimate of drug-likeness (QED) is 0.371. The van der Waals surface area contributed by atoms with Crippen molar-refractivity contribution in [1.82, 2.24) is 0 Å². The molecule has 0 saturated heterocycles. The SMILES string of the molecule is CCCOc1ccc(/C=C/C(=O)Oc2cc(C)c(Cl)c(C)c2)cc1OC. The summed E-state index contributed by atoms with van der Waals surface area (Å²) in [5, 5.41) is 0.679. The number of halogens is 1. The van der Waals surface area contributed by atoms with Gasteiger partial charge in [0.05, 0.1) is 13.7 Å². The topological polar surface area (TPSA) is 44.8 Å². The van der Waals surface area contributed by atoms with Crippen LogP contribution in [-0.4, -0.2) is 19.7 Å². The molecule has 0 heterocycles. The van der Waals surface area contributed by atoms with Gasteiger partial charge in [-0.2, -0.15) is 0 Å². The van der Waals surface area contributed by atoms with E-state index in [2.05, 4.69) is 0 Å². The molecule has 2 aromatic carbocycles. The fraction of sp³-hybridized carbons (Fsp3) is 0.286. The van der Waals surface area contributed by atoms with Crippen LogP contribution in [0.5, 0.6) is 17.2 Å². The molecule has 0 saturated carbocycles. The normalized spacial score (nSPS) is 10.8. The number of carbonyl (C=O) groups excluding carboxylic acids is 1. The smallest absolute Gasteiger partial charge is 0.336 e. The van der Waals surface area contributed by atoms with Crippen LogP contribution in [0.15, 0.2) is 36.4 Å². The molecule has 0 aliphatic heterocycles. The Bertz CT molecular complexity index is 789. The molecule has 0 amide bonds. The van der Waals surface area contributed by atoms with Crippen LogP contribution < -0.4 is 14.2 Å². The van der Waals surface area contributed by atoms with Crippen molar-refractivity contribution in [2.24, 2.45) is 0 Å². The van der Waals surface area contributed by atoms with Gasteiger partial charge in [-0.25, -0.2) is 4.79 Å². The van der Waals surface area contributed by atoms with Crippen LogP contribution in [0.25, 0.3) is 6.08 Å². The van der Waals surface area contributed by atoms with Crippen LogP contribution in [0.1, 0.15) is 30.0 Å². The summed E-state index contributed by atoms with van der Waals surface area (Å²) in [5.41, 5.74) is 2.54. The summed E-state index contributed by atoms with van der Waals surface area (Å²) in [4.78, 5) is 12.1. The standard InChI is InChI=1S/C21H23ClO4/c1-5-10-25-18-8-6-16(13-19(18)24-4)7-9-20(23)26-17-11-14(2)21(22)15(3)12-17/h6-9,11-13H,5,10H2,1-4H3/b9-7+. The summed E-state index contributed by atoms with van der Waals surface area (Å²) in [7, 11) is 1.58. The van der Waals surface area contributed by atoms with Gasteiger partial charge in [0.1, 0.15) is 5.75 Å². The molecule has 0 aliphatic rings. The Kier molecular flexibility index (Phi) is 7.10. The zero-order valence-corrected chi connectivity index (χ0v) is 16.2. The molecule has 0 fully saturated rings. The average Bonchev–Trinajstić information content (AvgIpc) is 2.62. The fourth-order valence-corrected chi connectivity index (χ4v) is 2.51. The monoisotopic (exact) mass is 374 g/mol. The first kappa shape index (κ1) is 19.9. The van der Waals surface area contributed by atoms with Gasteiger partial charge in [0.2, 0.25) is 0 Å². The van der Waals surface area contributed by atoms with Gasteiger partial charge in [0.15, 0.2) is 11.5 Å². The molecule has 5 heteroatoms. The fourth-order valence-electron chi connectivity index (χ4n) is 2.40. The number of methoxy groups -OCH3 is 1. The number of hydrogen-bond acceptors (Lipinski definition) is 4. The van der Waals surface area contributed by atoms with E-state index in [1.165, 1.54) is 6.08 Å². The Balaban J connectivity index is 2.08. The Morgan fingerprint density at radius 3 is 2.42 bits per heavy atom. The molecule has 0 unspecified atom stereocenters. The van der Waals surface area contributed by atoms with Crippen LogP contribution in [0.2, 0.25) is 5.02 Å². The second-order valence-corrected chi connectivity index (χ2v) is 6.26. The predicted molar refractivity (Wildman–Crippen MR) is 104 cm³/mol. The molecule has 138 valence electrons. The number of hydrogen-bond donors (Lipinski definition) is 0. The van der Waals surface area contributed by atoms with Crippen molar-refractivity contribution in [2.45, 2.75) is 27.2 Å². The Labute approximate surface area is 159 Å². The summed E-state index contributed by atoms with van der Waals surface area (Å²) < 4.78 is 16.3. The number of aryl methyl sites for hydroxylation is 2. The first-order valence-corrected chi connectivity index (χ1v) is 8.80. The number of rotatable bonds is 7. The molecule has 0 aliphatic carbocycles. The Hall–Kier alpha value is -2.46. The minimum Gasteiger partial charge on any atom is -0.493 e. The number of carbonyl (C=O) groups is 1. The molecule has 0 aromatic heterocycles. The summed E-state index contributed by atoms with van der Waals surface area (Å²) in [6.07, 6.45) is 3.96. The second-order valence-electron chi connectivity index (χ2n) is 5.88. The van der Waals surface area contributed by atoms with E-state index < -0.39 is 5.97 Å². The van der Waals surface area contributed by atoms with E-state index in [1.807, 2.05) is 39.0 Å². The van der Waals surface area contributed by atoms with Gasteiger partial charge in [0, 0.05) is 11.1 Å². The zero-order chi connectivity index (χ0) is 19.1. The highest BCUT2D eigenvalue weighted by Crippen LogP contribution is 2.29. The number of benzene rings is 2. The largest absolute Gasteiger partial charge is 0.493 e. The lowest BCUT2D eigenvalue weighted by molar-refractivity contribution is -0.128. The van der Waals surface area contributed by atoms with Gasteiger partial charge in [-0.3, -0.25) is 0 Å². The van der Waals surface area contributed by atoms with Crippen LogP contribution in [0, 0.1) is 13.8 Å². The summed E-state index contributed by atoms with van der Waals surface area (Å²) in [6.45, 7) is 6.41. The molecular weight excluding hydrogens is 352 g/mol. The van der Waals surface area contributed by atoms with E-state index in [0.29, 0.717) is 28.9 Å². The van der Waals surface area contributed by atoms with Crippen molar-refractivity contribution >= 4 is 23.6 Å². The van der Waals surface area contributed by atoms with Crippen molar-refractivity contribution in [3.05, 3.63) is 58.1 Å². The van der Waals surface area contributed by atoms with E-state index >= 15 is 0 Å². The van der Waals surface area contributed by atoms with Gasteiger partial charge in [-0.05, 0) is 67.3 Å².